The number of aliphatic carboxylic acids is 1. The van der Waals surface area contributed by atoms with Gasteiger partial charge in [0.1, 0.15) is 0 Å². The molecule has 0 aromatic heterocycles. The summed E-state index contributed by atoms with van der Waals surface area (Å²) in [6, 6.07) is 14.7. The zero-order valence-corrected chi connectivity index (χ0v) is 15.7. The van der Waals surface area contributed by atoms with Gasteiger partial charge in [-0.3, -0.25) is 9.59 Å². The van der Waals surface area contributed by atoms with Crippen molar-refractivity contribution in [3.63, 3.8) is 0 Å². The van der Waals surface area contributed by atoms with Gasteiger partial charge in [0.05, 0.1) is 16.6 Å². The van der Waals surface area contributed by atoms with Crippen molar-refractivity contribution in [3.8, 4) is 0 Å². The monoisotopic (exact) mass is 387 g/mol. The maximum absolute atomic E-state index is 12.7. The maximum Gasteiger partial charge on any atom is 0.308 e. The highest BCUT2D eigenvalue weighted by molar-refractivity contribution is 7.90. The third-order valence-corrected chi connectivity index (χ3v) is 6.55. The minimum absolute atomic E-state index is 0.118. The smallest absolute Gasteiger partial charge is 0.308 e. The van der Waals surface area contributed by atoms with E-state index >= 15 is 0 Å². The highest BCUT2D eigenvalue weighted by Gasteiger charge is 2.37. The molecule has 2 aromatic rings. The molecule has 3 rings (SSSR count). The van der Waals surface area contributed by atoms with Crippen LogP contribution in [0.2, 0.25) is 0 Å². The van der Waals surface area contributed by atoms with Crippen LogP contribution in [0.3, 0.4) is 0 Å². The number of benzene rings is 2. The van der Waals surface area contributed by atoms with Crippen LogP contribution in [0.25, 0.3) is 0 Å². The quantitative estimate of drug-likeness (QED) is 0.851. The van der Waals surface area contributed by atoms with Crippen molar-refractivity contribution >= 4 is 21.7 Å². The molecule has 1 amide bonds. The number of carbonyl (C=O) groups excluding carboxylic acids is 1. The lowest BCUT2D eigenvalue weighted by Gasteiger charge is -2.16. The van der Waals surface area contributed by atoms with E-state index in [9.17, 15) is 23.1 Å². The second-order valence-corrected chi connectivity index (χ2v) is 8.89. The lowest BCUT2D eigenvalue weighted by atomic mass is 9.99. The van der Waals surface area contributed by atoms with E-state index in [-0.39, 0.29) is 29.0 Å². The average Bonchev–Trinajstić information content (AvgIpc) is 3.04. The van der Waals surface area contributed by atoms with Gasteiger partial charge >= 0.3 is 5.97 Å². The van der Waals surface area contributed by atoms with Gasteiger partial charge in [0.25, 0.3) is 5.91 Å². The number of nitrogens with zero attached hydrogens (tertiary/aromatic N) is 1. The summed E-state index contributed by atoms with van der Waals surface area (Å²) < 4.78 is 25.1. The number of carboxylic acid groups (broad SMARTS) is 1. The molecule has 0 saturated carbocycles. The Kier molecular flexibility index (Phi) is 5.32. The third kappa shape index (κ3) is 4.19. The molecule has 0 radical (unpaired) electrons. The van der Waals surface area contributed by atoms with Crippen LogP contribution in [-0.2, 0) is 20.4 Å². The van der Waals surface area contributed by atoms with Crippen molar-refractivity contribution in [2.75, 3.05) is 13.1 Å². The molecule has 0 aliphatic carbocycles. The van der Waals surface area contributed by atoms with Crippen molar-refractivity contribution in [2.45, 2.75) is 17.6 Å². The lowest BCUT2D eigenvalue weighted by molar-refractivity contribution is -0.142. The van der Waals surface area contributed by atoms with Crippen LogP contribution >= 0.6 is 0 Å². The summed E-state index contributed by atoms with van der Waals surface area (Å²) in [6.07, 6.45) is 0. The first kappa shape index (κ1) is 19.1. The van der Waals surface area contributed by atoms with Crippen LogP contribution in [0.1, 0.15) is 22.8 Å². The fourth-order valence-corrected chi connectivity index (χ4v) is 4.72. The molecule has 1 aliphatic rings. The van der Waals surface area contributed by atoms with E-state index < -0.39 is 21.7 Å². The molecule has 0 unspecified atom stereocenters. The second-order valence-electron chi connectivity index (χ2n) is 6.90. The summed E-state index contributed by atoms with van der Waals surface area (Å²) in [7, 11) is -3.51. The predicted molar refractivity (Wildman–Crippen MR) is 100.0 cm³/mol. The molecule has 1 N–H and O–H groups in total. The highest BCUT2D eigenvalue weighted by atomic mass is 32.2. The van der Waals surface area contributed by atoms with Crippen molar-refractivity contribution in [3.05, 3.63) is 65.7 Å². The SMILES string of the molecule is C[C@@H]1CN(C(=O)c2cccc(CS(=O)(=O)c3ccccc3)c2)C[C@H]1C(=O)O. The Morgan fingerprint density at radius 2 is 1.78 bits per heavy atom. The van der Waals surface area contributed by atoms with Crippen molar-refractivity contribution < 1.29 is 23.1 Å². The molecule has 27 heavy (non-hydrogen) atoms. The van der Waals surface area contributed by atoms with Crippen molar-refractivity contribution in [1.82, 2.24) is 4.90 Å². The van der Waals surface area contributed by atoms with Gasteiger partial charge in [-0.1, -0.05) is 37.3 Å². The highest BCUT2D eigenvalue weighted by Crippen LogP contribution is 2.25. The zero-order chi connectivity index (χ0) is 19.6. The summed E-state index contributed by atoms with van der Waals surface area (Å²) in [5.41, 5.74) is 0.890. The van der Waals surface area contributed by atoms with Crippen LogP contribution in [0.5, 0.6) is 0 Å². The number of hydrogen-bond acceptors (Lipinski definition) is 4. The van der Waals surface area contributed by atoms with E-state index in [1.165, 1.54) is 4.90 Å². The van der Waals surface area contributed by atoms with E-state index in [1.807, 2.05) is 6.92 Å². The Morgan fingerprint density at radius 1 is 1.07 bits per heavy atom. The Hall–Kier alpha value is -2.67. The van der Waals surface area contributed by atoms with E-state index in [4.69, 9.17) is 0 Å². The Labute approximate surface area is 158 Å². The first-order valence-corrected chi connectivity index (χ1v) is 10.3. The van der Waals surface area contributed by atoms with Gasteiger partial charge in [0, 0.05) is 18.7 Å². The molecular formula is C20H21NO5S. The average molecular weight is 387 g/mol. The maximum atomic E-state index is 12.7. The van der Waals surface area contributed by atoms with Crippen LogP contribution in [0.15, 0.2) is 59.5 Å². The van der Waals surface area contributed by atoms with Gasteiger partial charge in [-0.2, -0.15) is 0 Å². The van der Waals surface area contributed by atoms with Crippen LogP contribution in [0, 0.1) is 11.8 Å². The number of rotatable bonds is 5. The van der Waals surface area contributed by atoms with E-state index in [2.05, 4.69) is 0 Å². The number of amides is 1. The fourth-order valence-electron chi connectivity index (χ4n) is 3.36. The lowest BCUT2D eigenvalue weighted by Crippen LogP contribution is -2.30. The van der Waals surface area contributed by atoms with E-state index in [0.29, 0.717) is 17.7 Å². The van der Waals surface area contributed by atoms with Crippen molar-refractivity contribution in [2.24, 2.45) is 11.8 Å². The third-order valence-electron chi connectivity index (χ3n) is 4.85. The molecule has 0 bridgehead atoms. The summed E-state index contributed by atoms with van der Waals surface area (Å²) in [5.74, 6) is -2.07. The summed E-state index contributed by atoms with van der Waals surface area (Å²) in [4.78, 5) is 25.7. The van der Waals surface area contributed by atoms with Gasteiger partial charge in [-0.25, -0.2) is 8.42 Å². The first-order valence-electron chi connectivity index (χ1n) is 8.67. The number of carbonyl (C=O) groups is 2. The molecule has 2 aromatic carbocycles. The molecule has 1 saturated heterocycles. The minimum atomic E-state index is -3.51. The molecule has 2 atom stereocenters. The topological polar surface area (TPSA) is 91.8 Å². The Balaban J connectivity index is 1.78. The summed E-state index contributed by atoms with van der Waals surface area (Å²) in [6.45, 7) is 2.36. The number of likely N-dealkylation sites (tertiary alicyclic amines) is 1. The van der Waals surface area contributed by atoms with E-state index in [0.717, 1.165) is 0 Å². The Bertz CT molecular complexity index is 955. The molecule has 7 heteroatoms. The molecule has 142 valence electrons. The number of carboxylic acids is 1. The van der Waals surface area contributed by atoms with Crippen LogP contribution in [-0.4, -0.2) is 43.4 Å². The van der Waals surface area contributed by atoms with Crippen LogP contribution < -0.4 is 0 Å². The first-order chi connectivity index (χ1) is 12.8. The molecule has 0 spiro atoms. The van der Waals surface area contributed by atoms with Gasteiger partial charge < -0.3 is 10.0 Å². The summed E-state index contributed by atoms with van der Waals surface area (Å²) in [5, 5.41) is 9.23. The predicted octanol–water partition coefficient (Wildman–Crippen LogP) is 2.45. The van der Waals surface area contributed by atoms with Crippen LogP contribution in [0.4, 0.5) is 0 Å². The molecule has 1 heterocycles. The standard InChI is InChI=1S/C20H21NO5S/c1-14-11-21(12-18(14)20(23)24)19(22)16-7-5-6-15(10-16)13-27(25,26)17-8-3-2-4-9-17/h2-10,14,18H,11-13H2,1H3,(H,23,24)/t14-,18-/m1/s1. The van der Waals surface area contributed by atoms with Gasteiger partial charge in [0.2, 0.25) is 0 Å². The molecule has 1 fully saturated rings. The van der Waals surface area contributed by atoms with Gasteiger partial charge in [-0.05, 0) is 35.7 Å². The van der Waals surface area contributed by atoms with Crippen molar-refractivity contribution in [1.29, 1.82) is 0 Å². The Morgan fingerprint density at radius 3 is 2.41 bits per heavy atom. The minimum Gasteiger partial charge on any atom is -0.481 e. The largest absolute Gasteiger partial charge is 0.481 e. The number of hydrogen-bond donors (Lipinski definition) is 1. The number of sulfone groups is 1. The molecule has 6 nitrogen and oxygen atoms in total. The zero-order valence-electron chi connectivity index (χ0n) is 14.9. The fraction of sp³-hybridized carbons (Fsp3) is 0.300. The summed E-state index contributed by atoms with van der Waals surface area (Å²) >= 11 is 0. The normalized spacial score (nSPS) is 19.8. The molecule has 1 aliphatic heterocycles. The van der Waals surface area contributed by atoms with Gasteiger partial charge in [0.15, 0.2) is 9.84 Å². The van der Waals surface area contributed by atoms with Gasteiger partial charge in [-0.15, -0.1) is 0 Å². The van der Waals surface area contributed by atoms with E-state index in [1.54, 1.807) is 54.6 Å². The molecular weight excluding hydrogens is 366 g/mol. The second kappa shape index (κ2) is 7.52.